The summed E-state index contributed by atoms with van der Waals surface area (Å²) in [4.78, 5) is 24.0. The Balaban J connectivity index is 1.81. The van der Waals surface area contributed by atoms with Crippen LogP contribution in [0.15, 0.2) is 40.2 Å². The highest BCUT2D eigenvalue weighted by molar-refractivity contribution is 7.99. The summed E-state index contributed by atoms with van der Waals surface area (Å²) in [6, 6.07) is 8.52. The maximum absolute atomic E-state index is 12.6. The summed E-state index contributed by atoms with van der Waals surface area (Å²) >= 11 is 7.44. The van der Waals surface area contributed by atoms with E-state index in [1.807, 2.05) is 24.3 Å². The van der Waals surface area contributed by atoms with E-state index < -0.39 is 12.0 Å². The number of aromatic nitrogens is 1. The van der Waals surface area contributed by atoms with E-state index in [0.717, 1.165) is 29.0 Å². The fraction of sp³-hybridized carbons (Fsp3) is 0.333. The highest BCUT2D eigenvalue weighted by Crippen LogP contribution is 2.48. The third-order valence-corrected chi connectivity index (χ3v) is 6.02. The van der Waals surface area contributed by atoms with Crippen molar-refractivity contribution in [2.45, 2.75) is 36.2 Å². The molecule has 4 rings (SSSR count). The van der Waals surface area contributed by atoms with Gasteiger partial charge in [-0.2, -0.15) is 0 Å². The van der Waals surface area contributed by atoms with Crippen LogP contribution in [0.4, 0.5) is 0 Å². The predicted octanol–water partition coefficient (Wildman–Crippen LogP) is 3.70. The first-order chi connectivity index (χ1) is 11.5. The number of rotatable bonds is 4. The van der Waals surface area contributed by atoms with E-state index in [1.165, 1.54) is 21.9 Å². The molecule has 0 radical (unpaired) electrons. The molecule has 2 heterocycles. The largest absolute Gasteiger partial charge is 0.480 e. The molecule has 1 fully saturated rings. The van der Waals surface area contributed by atoms with E-state index in [0.29, 0.717) is 23.1 Å². The van der Waals surface area contributed by atoms with Crippen LogP contribution in [0, 0.1) is 0 Å². The van der Waals surface area contributed by atoms with Crippen molar-refractivity contribution in [3.05, 3.63) is 62.4 Å². The molecule has 2 aromatic rings. The number of pyridine rings is 1. The van der Waals surface area contributed by atoms with Gasteiger partial charge in [0, 0.05) is 16.8 Å². The lowest BCUT2D eigenvalue weighted by molar-refractivity contribution is -0.140. The molecule has 24 heavy (non-hydrogen) atoms. The average molecular weight is 362 g/mol. The molecule has 0 saturated heterocycles. The van der Waals surface area contributed by atoms with E-state index in [9.17, 15) is 14.7 Å². The Labute approximate surface area is 148 Å². The second-order valence-corrected chi connectivity index (χ2v) is 7.78. The zero-order valence-corrected chi connectivity index (χ0v) is 14.4. The molecule has 0 bridgehead atoms. The molecule has 124 valence electrons. The third-order valence-electron chi connectivity index (χ3n) is 4.60. The zero-order valence-electron chi connectivity index (χ0n) is 12.9. The standard InChI is InChI=1S/C18H16ClNO3S/c19-13-5-1-10(2-6-13)7-12-8-15(21)20-14(18(22)23)9-24-17(20)16(12)11-3-4-11/h1-2,5-6,8,11,14H,3-4,7,9H2,(H,22,23)/t14-/m0/s1. The summed E-state index contributed by atoms with van der Waals surface area (Å²) < 4.78 is 1.48. The molecule has 1 saturated carbocycles. The second kappa shape index (κ2) is 5.97. The highest BCUT2D eigenvalue weighted by Gasteiger charge is 2.37. The van der Waals surface area contributed by atoms with Gasteiger partial charge in [0.25, 0.3) is 5.56 Å². The van der Waals surface area contributed by atoms with Crippen molar-refractivity contribution in [2.75, 3.05) is 5.75 Å². The van der Waals surface area contributed by atoms with Crippen molar-refractivity contribution in [1.29, 1.82) is 0 Å². The van der Waals surface area contributed by atoms with Crippen LogP contribution < -0.4 is 5.56 Å². The normalized spacial score (nSPS) is 19.3. The van der Waals surface area contributed by atoms with Gasteiger partial charge in [0.15, 0.2) is 0 Å². The van der Waals surface area contributed by atoms with Crippen molar-refractivity contribution in [2.24, 2.45) is 0 Å². The predicted molar refractivity (Wildman–Crippen MR) is 94.3 cm³/mol. The number of hydrogen-bond acceptors (Lipinski definition) is 3. The molecule has 0 unspecified atom stereocenters. The molecule has 1 aliphatic carbocycles. The monoisotopic (exact) mass is 361 g/mol. The summed E-state index contributed by atoms with van der Waals surface area (Å²) in [6.45, 7) is 0. The van der Waals surface area contributed by atoms with Crippen LogP contribution in [0.5, 0.6) is 0 Å². The maximum atomic E-state index is 12.6. The minimum Gasteiger partial charge on any atom is -0.480 e. The van der Waals surface area contributed by atoms with E-state index in [1.54, 1.807) is 6.07 Å². The van der Waals surface area contributed by atoms with Gasteiger partial charge < -0.3 is 5.11 Å². The molecule has 1 aliphatic heterocycles. The Kier molecular flexibility index (Phi) is 3.93. The first-order valence-corrected chi connectivity index (χ1v) is 9.29. The van der Waals surface area contributed by atoms with Crippen molar-refractivity contribution < 1.29 is 9.90 Å². The van der Waals surface area contributed by atoms with Gasteiger partial charge in [-0.3, -0.25) is 9.36 Å². The molecule has 0 amide bonds. The number of carboxylic acids is 1. The molecule has 1 N–H and O–H groups in total. The number of halogens is 1. The number of nitrogens with zero attached hydrogens (tertiary/aromatic N) is 1. The van der Waals surface area contributed by atoms with Gasteiger partial charge in [-0.25, -0.2) is 4.79 Å². The number of thioether (sulfide) groups is 1. The van der Waals surface area contributed by atoms with Crippen LogP contribution in [0.25, 0.3) is 0 Å². The first kappa shape index (κ1) is 15.8. The van der Waals surface area contributed by atoms with E-state index >= 15 is 0 Å². The van der Waals surface area contributed by atoms with Gasteiger partial charge in [-0.05, 0) is 54.0 Å². The topological polar surface area (TPSA) is 59.3 Å². The lowest BCUT2D eigenvalue weighted by Crippen LogP contribution is -2.29. The zero-order chi connectivity index (χ0) is 16.8. The van der Waals surface area contributed by atoms with Crippen LogP contribution in [-0.2, 0) is 11.2 Å². The minimum atomic E-state index is -0.935. The quantitative estimate of drug-likeness (QED) is 0.902. The summed E-state index contributed by atoms with van der Waals surface area (Å²) in [5.41, 5.74) is 3.09. The Bertz CT molecular complexity index is 871. The fourth-order valence-electron chi connectivity index (χ4n) is 3.30. The summed E-state index contributed by atoms with van der Waals surface area (Å²) in [7, 11) is 0. The summed E-state index contributed by atoms with van der Waals surface area (Å²) in [5.74, 6) is -0.0564. The molecule has 0 spiro atoms. The molecular weight excluding hydrogens is 346 g/mol. The van der Waals surface area contributed by atoms with Gasteiger partial charge in [-0.15, -0.1) is 11.8 Å². The number of hydrogen-bond donors (Lipinski definition) is 1. The number of benzene rings is 1. The summed E-state index contributed by atoms with van der Waals surface area (Å²) in [6.07, 6.45) is 2.89. The maximum Gasteiger partial charge on any atom is 0.327 e. The molecular formula is C18H16ClNO3S. The highest BCUT2D eigenvalue weighted by atomic mass is 35.5. The van der Waals surface area contributed by atoms with Crippen LogP contribution in [-0.4, -0.2) is 21.4 Å². The Morgan fingerprint density at radius 3 is 2.62 bits per heavy atom. The molecule has 1 atom stereocenters. The van der Waals surface area contributed by atoms with Gasteiger partial charge in [0.05, 0.1) is 5.03 Å². The van der Waals surface area contributed by atoms with Crippen molar-refractivity contribution >= 4 is 29.3 Å². The van der Waals surface area contributed by atoms with Crippen LogP contribution in [0.3, 0.4) is 0 Å². The van der Waals surface area contributed by atoms with Gasteiger partial charge in [0.1, 0.15) is 6.04 Å². The molecule has 1 aromatic heterocycles. The second-order valence-electron chi connectivity index (χ2n) is 6.34. The lowest BCUT2D eigenvalue weighted by Gasteiger charge is -2.16. The van der Waals surface area contributed by atoms with Crippen LogP contribution >= 0.6 is 23.4 Å². The molecule has 4 nitrogen and oxygen atoms in total. The van der Waals surface area contributed by atoms with Gasteiger partial charge >= 0.3 is 5.97 Å². The minimum absolute atomic E-state index is 0.212. The molecule has 1 aromatic carbocycles. The van der Waals surface area contributed by atoms with Crippen molar-refractivity contribution in [3.8, 4) is 0 Å². The number of aliphatic carboxylic acids is 1. The number of fused-ring (bicyclic) bond motifs is 1. The van der Waals surface area contributed by atoms with Gasteiger partial charge in [-0.1, -0.05) is 23.7 Å². The third kappa shape index (κ3) is 2.76. The SMILES string of the molecule is O=C(O)[C@@H]1CSc2c(C3CC3)c(Cc3ccc(Cl)cc3)cc(=O)n21. The van der Waals surface area contributed by atoms with Gasteiger partial charge in [0.2, 0.25) is 0 Å². The number of carboxylic acid groups (broad SMARTS) is 1. The van der Waals surface area contributed by atoms with E-state index in [2.05, 4.69) is 0 Å². The Morgan fingerprint density at radius 1 is 1.29 bits per heavy atom. The summed E-state index contributed by atoms with van der Waals surface area (Å²) in [5, 5.41) is 10.9. The van der Waals surface area contributed by atoms with Crippen molar-refractivity contribution in [3.63, 3.8) is 0 Å². The molecule has 2 aliphatic rings. The smallest absolute Gasteiger partial charge is 0.327 e. The van der Waals surface area contributed by atoms with Crippen LogP contribution in [0.2, 0.25) is 5.02 Å². The fourth-order valence-corrected chi connectivity index (χ4v) is 4.84. The average Bonchev–Trinajstić information content (AvgIpc) is 3.26. The van der Waals surface area contributed by atoms with E-state index in [4.69, 9.17) is 11.6 Å². The van der Waals surface area contributed by atoms with Crippen LogP contribution in [0.1, 0.15) is 41.5 Å². The Hall–Kier alpha value is -1.72. The Morgan fingerprint density at radius 2 is 2.00 bits per heavy atom. The number of carbonyl (C=O) groups is 1. The van der Waals surface area contributed by atoms with Crippen molar-refractivity contribution in [1.82, 2.24) is 4.57 Å². The first-order valence-electron chi connectivity index (χ1n) is 7.93. The van der Waals surface area contributed by atoms with E-state index in [-0.39, 0.29) is 5.56 Å². The molecule has 6 heteroatoms. The lowest BCUT2D eigenvalue weighted by atomic mass is 9.98.